The molecule has 13 heteroatoms. The number of rotatable bonds is 26. The molecule has 0 saturated heterocycles. The van der Waals surface area contributed by atoms with E-state index in [1.807, 2.05) is 97.9 Å². The molecule has 0 aromatic heterocycles. The minimum absolute atomic E-state index is 0.0462. The van der Waals surface area contributed by atoms with E-state index in [4.69, 9.17) is 25.7 Å². The molecule has 0 heterocycles. The Bertz CT molecular complexity index is 2310. The summed E-state index contributed by atoms with van der Waals surface area (Å²) in [6, 6.07) is 31.5. The predicted octanol–water partition coefficient (Wildman–Crippen LogP) is 4.46. The lowest BCUT2D eigenvalue weighted by molar-refractivity contribution is -0.459. The molecule has 5 rings (SSSR count). The lowest BCUT2D eigenvalue weighted by Gasteiger charge is -2.24. The number of carbonyl (C=O) groups is 4. The third-order valence-electron chi connectivity index (χ3n) is 10.8. The first-order valence-electron chi connectivity index (χ1n) is 22.2. The number of carbonyl (C=O) groups excluding carboxylic acids is 4. The molecule has 3 atom stereocenters. The fraction of sp³-hybridized carbons (Fsp3) is 0.380. The highest BCUT2D eigenvalue weighted by molar-refractivity contribution is 6.10. The molecule has 0 unspecified atom stereocenters. The molecule has 63 heavy (non-hydrogen) atoms. The van der Waals surface area contributed by atoms with Crippen LogP contribution in [-0.2, 0) is 30.5 Å². The number of amides is 2. The van der Waals surface area contributed by atoms with Crippen LogP contribution >= 0.6 is 0 Å². The minimum Gasteiger partial charge on any atom is -0.493 e. The van der Waals surface area contributed by atoms with E-state index in [2.05, 4.69) is 40.4 Å². The second-order valence-corrected chi connectivity index (χ2v) is 15.8. The summed E-state index contributed by atoms with van der Waals surface area (Å²) in [7, 11) is 0. The molecule has 10 N–H and O–H groups in total. The van der Waals surface area contributed by atoms with Crippen molar-refractivity contribution in [3.8, 4) is 22.6 Å². The summed E-state index contributed by atoms with van der Waals surface area (Å²) in [5.41, 5.74) is 17.6. The Hall–Kier alpha value is -6.47. The molecule has 5 aromatic carbocycles. The summed E-state index contributed by atoms with van der Waals surface area (Å²) >= 11 is 0. The van der Waals surface area contributed by atoms with Gasteiger partial charge in [-0.05, 0) is 84.2 Å². The van der Waals surface area contributed by atoms with E-state index >= 15 is 0 Å². The summed E-state index contributed by atoms with van der Waals surface area (Å²) < 4.78 is 18.3. The van der Waals surface area contributed by atoms with Gasteiger partial charge in [-0.2, -0.15) is 0 Å². The number of Topliss-reactive ketones (excluding diaryl/α,β-unsaturated/α-hetero) is 1. The summed E-state index contributed by atoms with van der Waals surface area (Å²) in [6.07, 6.45) is 4.13. The van der Waals surface area contributed by atoms with Crippen molar-refractivity contribution in [1.82, 2.24) is 10.6 Å². The molecule has 0 aliphatic carbocycles. The van der Waals surface area contributed by atoms with Crippen molar-refractivity contribution in [2.24, 2.45) is 17.4 Å². The van der Waals surface area contributed by atoms with Gasteiger partial charge >= 0.3 is 11.9 Å². The number of hydrogen-bond donors (Lipinski definition) is 6. The molecule has 0 saturated carbocycles. The maximum absolute atomic E-state index is 14.2. The number of ether oxygens (including phenoxy) is 3. The first kappa shape index (κ1) is 47.6. The number of quaternary nitrogens is 1. The second kappa shape index (κ2) is 24.8. The van der Waals surface area contributed by atoms with Crippen molar-refractivity contribution in [2.75, 3.05) is 26.3 Å². The number of nitrogens with two attached hydrogens (primary N) is 2. The quantitative estimate of drug-likeness (QED) is 0.0200. The monoisotopic (exact) mass is 860 g/mol. The number of unbranched alkanes of at least 4 members (excludes halogenated alkanes) is 1. The zero-order chi connectivity index (χ0) is 45.0. The number of benzene rings is 5. The second-order valence-electron chi connectivity index (χ2n) is 15.8. The largest absolute Gasteiger partial charge is 0.493 e. The number of nitrogens with one attached hydrogen (secondary N) is 3. The lowest BCUT2D eigenvalue weighted by atomic mass is 9.91. The van der Waals surface area contributed by atoms with Gasteiger partial charge in [0.2, 0.25) is 5.91 Å². The van der Waals surface area contributed by atoms with Crippen LogP contribution in [0.5, 0.6) is 11.5 Å². The van der Waals surface area contributed by atoms with Crippen LogP contribution in [0, 0.1) is 5.92 Å². The topological polar surface area (TPSA) is 214 Å². The smallest absolute Gasteiger partial charge is 0.338 e. The van der Waals surface area contributed by atoms with E-state index in [0.29, 0.717) is 69.7 Å². The summed E-state index contributed by atoms with van der Waals surface area (Å²) in [4.78, 5) is 58.1. The zero-order valence-corrected chi connectivity index (χ0v) is 36.7. The van der Waals surface area contributed by atoms with Crippen LogP contribution in [0.25, 0.3) is 32.7 Å². The van der Waals surface area contributed by atoms with Crippen molar-refractivity contribution in [3.05, 3.63) is 109 Å². The molecule has 0 aliphatic heterocycles. The first-order valence-corrected chi connectivity index (χ1v) is 22.2. The van der Waals surface area contributed by atoms with Crippen molar-refractivity contribution >= 4 is 51.1 Å². The average molecular weight is 861 g/mol. The van der Waals surface area contributed by atoms with Gasteiger partial charge in [0.25, 0.3) is 5.91 Å². The molecule has 13 nitrogen and oxygen atoms in total. The Kier molecular flexibility index (Phi) is 18.8. The van der Waals surface area contributed by atoms with Crippen LogP contribution in [-0.4, -0.2) is 67.9 Å². The lowest BCUT2D eigenvalue weighted by Crippen LogP contribution is -2.78. The van der Waals surface area contributed by atoms with Gasteiger partial charge in [0.15, 0.2) is 12.4 Å². The molecule has 2 amide bonds. The highest BCUT2D eigenvalue weighted by Crippen LogP contribution is 2.45. The Morgan fingerprint density at radius 1 is 0.683 bits per heavy atom. The fourth-order valence-corrected chi connectivity index (χ4v) is 7.64. The van der Waals surface area contributed by atoms with Crippen LogP contribution < -0.4 is 42.3 Å². The molecule has 0 fully saturated rings. The van der Waals surface area contributed by atoms with Gasteiger partial charge in [0, 0.05) is 23.5 Å². The average Bonchev–Trinajstić information content (AvgIpc) is 3.29. The van der Waals surface area contributed by atoms with Gasteiger partial charge in [0.1, 0.15) is 24.1 Å². The van der Waals surface area contributed by atoms with Crippen molar-refractivity contribution in [2.45, 2.75) is 90.3 Å². The Morgan fingerprint density at radius 3 is 1.94 bits per heavy atom. The van der Waals surface area contributed by atoms with Crippen LogP contribution in [0.2, 0.25) is 0 Å². The van der Waals surface area contributed by atoms with E-state index < -0.39 is 35.8 Å². The Balaban J connectivity index is 1.36. The first-order chi connectivity index (χ1) is 30.6. The van der Waals surface area contributed by atoms with Gasteiger partial charge < -0.3 is 30.6 Å². The standard InChI is InChI=1S/C50H62N6O7/c1-3-15-41(49(60)63-32-34-16-6-5-7-17-34)56-48(59)37(20-14-29-54-50(52)53)31-42(57)40(23-12-13-28-51)55-45(58)33-62-44-27-25-36-19-9-11-22-39(36)47(44)46-38-21-10-8-18-35(38)24-26-43(46)61-30-4-2/h5-11,16-19,21-22,24-27,37,40-41H,3-4,12-15,20,23,28-33,51H2,1-2H3,(H,55,58)(H,56,59)(H4,52,53,54)/p+2/t37-,40+,41-/m0/s1. The maximum atomic E-state index is 14.2. The number of hydrogen-bond acceptors (Lipinski definition) is 7. The van der Waals surface area contributed by atoms with E-state index in [9.17, 15) is 19.2 Å². The molecular formula is C50H64N6O7+2. The third kappa shape index (κ3) is 14.0. The molecule has 5 aromatic rings. The van der Waals surface area contributed by atoms with Crippen LogP contribution in [0.1, 0.15) is 77.2 Å². The Morgan fingerprint density at radius 2 is 1.32 bits per heavy atom. The van der Waals surface area contributed by atoms with Gasteiger partial charge in [0.05, 0.1) is 25.7 Å². The Labute approximate surface area is 370 Å². The molecule has 0 radical (unpaired) electrons. The highest BCUT2D eigenvalue weighted by atomic mass is 16.5. The summed E-state index contributed by atoms with van der Waals surface area (Å²) in [5, 5.41) is 9.76. The molecule has 0 spiro atoms. The van der Waals surface area contributed by atoms with Crippen molar-refractivity contribution in [1.29, 1.82) is 0 Å². The normalized spacial score (nSPS) is 12.5. The predicted molar refractivity (Wildman–Crippen MR) is 246 cm³/mol. The van der Waals surface area contributed by atoms with Gasteiger partial charge in [-0.1, -0.05) is 111 Å². The van der Waals surface area contributed by atoms with Crippen LogP contribution in [0.15, 0.2) is 103 Å². The molecular weight excluding hydrogens is 797 g/mol. The number of fused-ring (bicyclic) bond motifs is 2. The highest BCUT2D eigenvalue weighted by Gasteiger charge is 2.31. The zero-order valence-electron chi connectivity index (χ0n) is 36.7. The van der Waals surface area contributed by atoms with Gasteiger partial charge in [-0.3, -0.25) is 30.8 Å². The SMILES string of the molecule is CCCOc1ccc2ccccc2c1-c1c(OCC(=O)N[C@H](CCCC[NH3+])C(=O)C[C@H](CCC[NH+]=C(N)N)C(=O)N[C@@H](CCC)C(=O)OCc2ccccc2)ccc2ccccc12. The third-order valence-corrected chi connectivity index (χ3v) is 10.8. The van der Waals surface area contributed by atoms with E-state index in [1.165, 1.54) is 0 Å². The van der Waals surface area contributed by atoms with E-state index in [0.717, 1.165) is 51.1 Å². The summed E-state index contributed by atoms with van der Waals surface area (Å²) in [6.45, 7) is 5.24. The summed E-state index contributed by atoms with van der Waals surface area (Å²) in [5.74, 6) is -1.35. The number of ketones is 1. The molecule has 334 valence electrons. The van der Waals surface area contributed by atoms with Crippen molar-refractivity contribution < 1.29 is 44.1 Å². The van der Waals surface area contributed by atoms with Crippen LogP contribution in [0.4, 0.5) is 0 Å². The van der Waals surface area contributed by atoms with Crippen LogP contribution in [0.3, 0.4) is 0 Å². The van der Waals surface area contributed by atoms with Crippen molar-refractivity contribution in [3.63, 3.8) is 0 Å². The minimum atomic E-state index is -0.900. The number of esters is 1. The maximum Gasteiger partial charge on any atom is 0.338 e. The van der Waals surface area contributed by atoms with Gasteiger partial charge in [-0.25, -0.2) is 4.79 Å². The van der Waals surface area contributed by atoms with E-state index in [1.54, 1.807) is 0 Å². The number of guanidine groups is 1. The van der Waals surface area contributed by atoms with Gasteiger partial charge in [-0.15, -0.1) is 0 Å². The molecule has 0 aliphatic rings. The fourth-order valence-electron chi connectivity index (χ4n) is 7.64. The molecule has 0 bridgehead atoms. The van der Waals surface area contributed by atoms with E-state index in [-0.39, 0.29) is 31.4 Å².